The van der Waals surface area contributed by atoms with E-state index < -0.39 is 11.7 Å². The molecule has 4 nitrogen and oxygen atoms in total. The van der Waals surface area contributed by atoms with Crippen molar-refractivity contribution in [1.82, 2.24) is 10.9 Å². The fraction of sp³-hybridized carbons (Fsp3) is 0.400. The second-order valence-corrected chi connectivity index (χ2v) is 5.26. The van der Waals surface area contributed by atoms with E-state index in [9.17, 15) is 4.79 Å². The summed E-state index contributed by atoms with van der Waals surface area (Å²) in [4.78, 5) is 11.6. The van der Waals surface area contributed by atoms with Crippen LogP contribution >= 0.6 is 0 Å². The predicted molar refractivity (Wildman–Crippen MR) is 76.5 cm³/mol. The molecule has 1 aromatic carbocycles. The first kappa shape index (κ1) is 15.2. The van der Waals surface area contributed by atoms with E-state index in [0.717, 1.165) is 5.56 Å². The Bertz CT molecular complexity index is 410. The SMILES string of the molecule is C=CCC(NNC(=O)OC(C)(C)C)c1ccccc1. The zero-order chi connectivity index (χ0) is 14.3. The second kappa shape index (κ2) is 6.95. The van der Waals surface area contributed by atoms with Gasteiger partial charge in [-0.15, -0.1) is 6.58 Å². The normalized spacial score (nSPS) is 12.6. The van der Waals surface area contributed by atoms with Crippen LogP contribution in [0.25, 0.3) is 0 Å². The van der Waals surface area contributed by atoms with Crippen molar-refractivity contribution in [2.75, 3.05) is 0 Å². The Labute approximate surface area is 114 Å². The molecule has 1 atom stereocenters. The highest BCUT2D eigenvalue weighted by atomic mass is 16.6. The van der Waals surface area contributed by atoms with E-state index in [-0.39, 0.29) is 6.04 Å². The lowest BCUT2D eigenvalue weighted by atomic mass is 10.0. The quantitative estimate of drug-likeness (QED) is 0.632. The molecule has 0 aliphatic rings. The summed E-state index contributed by atoms with van der Waals surface area (Å²) in [6.07, 6.45) is 2.03. The van der Waals surface area contributed by atoms with Gasteiger partial charge in [0.1, 0.15) is 5.60 Å². The summed E-state index contributed by atoms with van der Waals surface area (Å²) in [6, 6.07) is 9.85. The van der Waals surface area contributed by atoms with Crippen molar-refractivity contribution < 1.29 is 9.53 Å². The van der Waals surface area contributed by atoms with Crippen LogP contribution in [0.3, 0.4) is 0 Å². The molecule has 0 aliphatic heterocycles. The van der Waals surface area contributed by atoms with Crippen molar-refractivity contribution in [3.8, 4) is 0 Å². The molecule has 0 saturated heterocycles. The van der Waals surface area contributed by atoms with Crippen LogP contribution in [0.4, 0.5) is 4.79 Å². The van der Waals surface area contributed by atoms with Gasteiger partial charge in [-0.05, 0) is 32.8 Å². The van der Waals surface area contributed by atoms with Crippen molar-refractivity contribution in [3.63, 3.8) is 0 Å². The van der Waals surface area contributed by atoms with E-state index in [1.165, 1.54) is 0 Å². The van der Waals surface area contributed by atoms with Crippen molar-refractivity contribution in [2.45, 2.75) is 38.8 Å². The second-order valence-electron chi connectivity index (χ2n) is 5.26. The minimum Gasteiger partial charge on any atom is -0.443 e. The third kappa shape index (κ3) is 6.06. The molecule has 0 aliphatic carbocycles. The van der Waals surface area contributed by atoms with Crippen LogP contribution in [0.2, 0.25) is 0 Å². The molecule has 1 unspecified atom stereocenters. The molecule has 104 valence electrons. The average molecular weight is 262 g/mol. The number of carbonyl (C=O) groups is 1. The summed E-state index contributed by atoms with van der Waals surface area (Å²) < 4.78 is 5.16. The van der Waals surface area contributed by atoms with Crippen molar-refractivity contribution in [3.05, 3.63) is 48.6 Å². The number of hydrazine groups is 1. The van der Waals surface area contributed by atoms with E-state index in [0.29, 0.717) is 6.42 Å². The van der Waals surface area contributed by atoms with E-state index in [4.69, 9.17) is 4.74 Å². The van der Waals surface area contributed by atoms with E-state index >= 15 is 0 Å². The van der Waals surface area contributed by atoms with Gasteiger partial charge in [0.2, 0.25) is 0 Å². The van der Waals surface area contributed by atoms with Gasteiger partial charge in [-0.1, -0.05) is 36.4 Å². The summed E-state index contributed by atoms with van der Waals surface area (Å²) in [5, 5.41) is 0. The molecule has 0 aromatic heterocycles. The van der Waals surface area contributed by atoms with E-state index in [1.807, 2.05) is 51.1 Å². The van der Waals surface area contributed by atoms with Gasteiger partial charge in [0.05, 0.1) is 6.04 Å². The lowest BCUT2D eigenvalue weighted by Gasteiger charge is -2.22. The fourth-order valence-electron chi connectivity index (χ4n) is 1.58. The van der Waals surface area contributed by atoms with Gasteiger partial charge in [-0.25, -0.2) is 10.2 Å². The Morgan fingerprint density at radius 1 is 1.37 bits per heavy atom. The monoisotopic (exact) mass is 262 g/mol. The van der Waals surface area contributed by atoms with Gasteiger partial charge >= 0.3 is 6.09 Å². The lowest BCUT2D eigenvalue weighted by Crippen LogP contribution is -2.42. The van der Waals surface area contributed by atoms with Gasteiger partial charge in [-0.3, -0.25) is 5.43 Å². The van der Waals surface area contributed by atoms with Crippen LogP contribution in [0.1, 0.15) is 38.8 Å². The molecular formula is C15H22N2O2. The van der Waals surface area contributed by atoms with Crippen LogP contribution in [0.5, 0.6) is 0 Å². The van der Waals surface area contributed by atoms with Crippen molar-refractivity contribution >= 4 is 6.09 Å². The first-order valence-corrected chi connectivity index (χ1v) is 6.33. The highest BCUT2D eigenvalue weighted by Gasteiger charge is 2.17. The third-order valence-electron chi connectivity index (χ3n) is 2.35. The van der Waals surface area contributed by atoms with Crippen LogP contribution in [0.15, 0.2) is 43.0 Å². The summed E-state index contributed by atoms with van der Waals surface area (Å²) in [5.74, 6) is 0. The highest BCUT2D eigenvalue weighted by molar-refractivity contribution is 5.67. The Morgan fingerprint density at radius 2 is 2.00 bits per heavy atom. The smallest absolute Gasteiger partial charge is 0.422 e. The lowest BCUT2D eigenvalue weighted by molar-refractivity contribution is 0.0488. The number of benzene rings is 1. The molecule has 19 heavy (non-hydrogen) atoms. The molecule has 1 rings (SSSR count). The third-order valence-corrected chi connectivity index (χ3v) is 2.35. The highest BCUT2D eigenvalue weighted by Crippen LogP contribution is 2.16. The van der Waals surface area contributed by atoms with Gasteiger partial charge in [0.25, 0.3) is 0 Å². The summed E-state index contributed by atoms with van der Waals surface area (Å²) in [7, 11) is 0. The largest absolute Gasteiger partial charge is 0.443 e. The molecule has 4 heteroatoms. The molecule has 1 amide bonds. The maximum absolute atomic E-state index is 11.6. The van der Waals surface area contributed by atoms with Gasteiger partial charge < -0.3 is 4.74 Å². The molecule has 1 aromatic rings. The van der Waals surface area contributed by atoms with Gasteiger partial charge in [0.15, 0.2) is 0 Å². The Kier molecular flexibility index (Phi) is 5.57. The van der Waals surface area contributed by atoms with Crippen molar-refractivity contribution in [2.24, 2.45) is 0 Å². The number of hydrogen-bond acceptors (Lipinski definition) is 3. The molecule has 0 spiro atoms. The zero-order valence-corrected chi connectivity index (χ0v) is 11.8. The molecule has 0 saturated carbocycles. The maximum Gasteiger partial charge on any atom is 0.422 e. The standard InChI is InChI=1S/C15H22N2O2/c1-5-9-13(12-10-7-6-8-11-12)16-17-14(18)19-15(2,3)4/h5-8,10-11,13,16H,1,9H2,2-4H3,(H,17,18). The number of amides is 1. The Balaban J connectivity index is 2.56. The van der Waals surface area contributed by atoms with E-state index in [1.54, 1.807) is 6.08 Å². The molecule has 0 heterocycles. The van der Waals surface area contributed by atoms with Crippen molar-refractivity contribution in [1.29, 1.82) is 0 Å². The molecule has 0 fully saturated rings. The van der Waals surface area contributed by atoms with E-state index in [2.05, 4.69) is 17.4 Å². The van der Waals surface area contributed by atoms with Gasteiger partial charge in [-0.2, -0.15) is 0 Å². The number of rotatable bonds is 5. The zero-order valence-electron chi connectivity index (χ0n) is 11.8. The van der Waals surface area contributed by atoms with Gasteiger partial charge in [0, 0.05) is 0 Å². The van der Waals surface area contributed by atoms with Crippen LogP contribution < -0.4 is 10.9 Å². The molecule has 0 radical (unpaired) electrons. The number of hydrogen-bond donors (Lipinski definition) is 2. The minimum absolute atomic E-state index is 0.0220. The summed E-state index contributed by atoms with van der Waals surface area (Å²) in [5.41, 5.74) is 6.10. The number of ether oxygens (including phenoxy) is 1. The topological polar surface area (TPSA) is 50.4 Å². The number of carbonyl (C=O) groups excluding carboxylic acids is 1. The first-order chi connectivity index (χ1) is 8.92. The average Bonchev–Trinajstić information content (AvgIpc) is 2.33. The molecular weight excluding hydrogens is 240 g/mol. The molecule has 2 N–H and O–H groups in total. The first-order valence-electron chi connectivity index (χ1n) is 6.33. The van der Waals surface area contributed by atoms with Crippen LogP contribution in [0, 0.1) is 0 Å². The Morgan fingerprint density at radius 3 is 2.53 bits per heavy atom. The minimum atomic E-state index is -0.507. The fourth-order valence-corrected chi connectivity index (χ4v) is 1.58. The summed E-state index contributed by atoms with van der Waals surface area (Å²) in [6.45, 7) is 9.20. The Hall–Kier alpha value is -1.81. The maximum atomic E-state index is 11.6. The predicted octanol–water partition coefficient (Wildman–Crippen LogP) is 3.33. The summed E-state index contributed by atoms with van der Waals surface area (Å²) >= 11 is 0. The molecule has 0 bridgehead atoms. The van der Waals surface area contributed by atoms with Crippen LogP contribution in [-0.4, -0.2) is 11.7 Å². The van der Waals surface area contributed by atoms with Crippen LogP contribution in [-0.2, 0) is 4.74 Å². The number of nitrogens with one attached hydrogen (secondary N) is 2.